The summed E-state index contributed by atoms with van der Waals surface area (Å²) in [6.07, 6.45) is 2.79. The van der Waals surface area contributed by atoms with E-state index in [0.29, 0.717) is 18.8 Å². The quantitative estimate of drug-likeness (QED) is 0.744. The number of carbonyl (C=O) groups is 1. The number of carbonyl (C=O) groups excluding carboxylic acids is 1. The van der Waals surface area contributed by atoms with Crippen molar-refractivity contribution in [2.45, 2.75) is 18.7 Å². The highest BCUT2D eigenvalue weighted by atomic mass is 32.2. The summed E-state index contributed by atoms with van der Waals surface area (Å²) in [5.74, 6) is 0.465. The molecule has 0 aliphatic heterocycles. The monoisotopic (exact) mass is 257 g/mol. The standard InChI is InChI=1S/C11H15NO4S/c1-8(2)7-16-11-9(6-13)4-10(5-12-11)17(3,14)15/h4-6,8H,7H2,1-3H3. The summed E-state index contributed by atoms with van der Waals surface area (Å²) in [5, 5.41) is 0. The van der Waals surface area contributed by atoms with Crippen molar-refractivity contribution in [2.24, 2.45) is 5.92 Å². The number of ether oxygens (including phenoxy) is 1. The third-order valence-corrected chi connectivity index (χ3v) is 3.04. The van der Waals surface area contributed by atoms with Crippen LogP contribution in [0.2, 0.25) is 0 Å². The molecule has 0 N–H and O–H groups in total. The minimum absolute atomic E-state index is 0.0106. The van der Waals surface area contributed by atoms with Gasteiger partial charge in [-0.3, -0.25) is 4.79 Å². The second-order valence-electron chi connectivity index (χ2n) is 4.16. The molecule has 0 amide bonds. The Hall–Kier alpha value is -1.43. The number of aldehydes is 1. The molecule has 0 radical (unpaired) electrons. The van der Waals surface area contributed by atoms with E-state index in [0.717, 1.165) is 6.26 Å². The first-order valence-corrected chi connectivity index (χ1v) is 7.02. The molecule has 94 valence electrons. The molecule has 0 bridgehead atoms. The molecule has 0 saturated heterocycles. The maximum absolute atomic E-state index is 11.3. The average Bonchev–Trinajstić information content (AvgIpc) is 2.24. The first kappa shape index (κ1) is 13.6. The number of rotatable bonds is 5. The van der Waals surface area contributed by atoms with Crippen molar-refractivity contribution < 1.29 is 17.9 Å². The SMILES string of the molecule is CC(C)COc1ncc(S(C)(=O)=O)cc1C=O. The van der Waals surface area contributed by atoms with Crippen LogP contribution in [0.1, 0.15) is 24.2 Å². The van der Waals surface area contributed by atoms with Crippen LogP contribution in [0.5, 0.6) is 5.88 Å². The maximum atomic E-state index is 11.3. The number of sulfone groups is 1. The van der Waals surface area contributed by atoms with Gasteiger partial charge in [-0.25, -0.2) is 13.4 Å². The van der Waals surface area contributed by atoms with Crippen LogP contribution in [0, 0.1) is 5.92 Å². The summed E-state index contributed by atoms with van der Waals surface area (Å²) in [6, 6.07) is 1.27. The van der Waals surface area contributed by atoms with E-state index in [4.69, 9.17) is 4.74 Å². The molecule has 1 heterocycles. The number of hydrogen-bond donors (Lipinski definition) is 0. The fourth-order valence-corrected chi connectivity index (χ4v) is 1.69. The highest BCUT2D eigenvalue weighted by molar-refractivity contribution is 7.90. The normalized spacial score (nSPS) is 11.5. The molecule has 1 aromatic rings. The molecule has 0 saturated carbocycles. The van der Waals surface area contributed by atoms with Gasteiger partial charge in [0, 0.05) is 12.5 Å². The summed E-state index contributed by atoms with van der Waals surface area (Å²) in [6.45, 7) is 4.35. The lowest BCUT2D eigenvalue weighted by Crippen LogP contribution is -2.08. The van der Waals surface area contributed by atoms with Gasteiger partial charge in [-0.05, 0) is 12.0 Å². The number of hydrogen-bond acceptors (Lipinski definition) is 5. The number of nitrogens with zero attached hydrogens (tertiary/aromatic N) is 1. The van der Waals surface area contributed by atoms with Gasteiger partial charge in [0.25, 0.3) is 0 Å². The molecule has 0 aliphatic rings. The van der Waals surface area contributed by atoms with Gasteiger partial charge in [0.05, 0.1) is 17.1 Å². The number of pyridine rings is 1. The molecule has 0 aromatic carbocycles. The number of aromatic nitrogens is 1. The van der Waals surface area contributed by atoms with Gasteiger partial charge < -0.3 is 4.74 Å². The highest BCUT2D eigenvalue weighted by Gasteiger charge is 2.13. The van der Waals surface area contributed by atoms with E-state index < -0.39 is 9.84 Å². The minimum Gasteiger partial charge on any atom is -0.477 e. The fourth-order valence-electron chi connectivity index (χ4n) is 1.10. The van der Waals surface area contributed by atoms with Gasteiger partial charge in [-0.15, -0.1) is 0 Å². The van der Waals surface area contributed by atoms with E-state index in [2.05, 4.69) is 4.98 Å². The molecule has 1 aromatic heterocycles. The zero-order valence-corrected chi connectivity index (χ0v) is 10.8. The second-order valence-corrected chi connectivity index (χ2v) is 6.18. The summed E-state index contributed by atoms with van der Waals surface area (Å²) in [5.41, 5.74) is 0.147. The predicted octanol–water partition coefficient (Wildman–Crippen LogP) is 1.33. The lowest BCUT2D eigenvalue weighted by atomic mass is 10.2. The van der Waals surface area contributed by atoms with E-state index in [1.54, 1.807) is 0 Å². The average molecular weight is 257 g/mol. The molecule has 0 unspecified atom stereocenters. The van der Waals surface area contributed by atoms with E-state index in [-0.39, 0.29) is 16.3 Å². The van der Waals surface area contributed by atoms with Crippen molar-refractivity contribution in [3.63, 3.8) is 0 Å². The molecule has 17 heavy (non-hydrogen) atoms. The van der Waals surface area contributed by atoms with Crippen LogP contribution in [0.3, 0.4) is 0 Å². The molecular weight excluding hydrogens is 242 g/mol. The van der Waals surface area contributed by atoms with Crippen LogP contribution in [-0.4, -0.2) is 32.6 Å². The van der Waals surface area contributed by atoms with Crippen LogP contribution in [-0.2, 0) is 9.84 Å². The Balaban J connectivity index is 3.06. The van der Waals surface area contributed by atoms with Gasteiger partial charge >= 0.3 is 0 Å². The largest absolute Gasteiger partial charge is 0.477 e. The van der Waals surface area contributed by atoms with Crippen LogP contribution >= 0.6 is 0 Å². The van der Waals surface area contributed by atoms with Crippen molar-refractivity contribution in [2.75, 3.05) is 12.9 Å². The first-order chi connectivity index (χ1) is 7.84. The summed E-state index contributed by atoms with van der Waals surface area (Å²) < 4.78 is 27.9. The van der Waals surface area contributed by atoms with Crippen molar-refractivity contribution in [1.29, 1.82) is 0 Å². The molecule has 0 atom stereocenters. The summed E-state index contributed by atoms with van der Waals surface area (Å²) in [7, 11) is -3.36. The van der Waals surface area contributed by atoms with E-state index >= 15 is 0 Å². The zero-order valence-electron chi connectivity index (χ0n) is 10.0. The Morgan fingerprint density at radius 2 is 2.12 bits per heavy atom. The molecule has 0 spiro atoms. The predicted molar refractivity (Wildman–Crippen MR) is 63.1 cm³/mol. The van der Waals surface area contributed by atoms with Gasteiger partial charge in [0.1, 0.15) is 0 Å². The van der Waals surface area contributed by atoms with Crippen molar-refractivity contribution in [3.05, 3.63) is 17.8 Å². The lowest BCUT2D eigenvalue weighted by Gasteiger charge is -2.09. The maximum Gasteiger partial charge on any atom is 0.224 e. The third kappa shape index (κ3) is 3.81. The van der Waals surface area contributed by atoms with Crippen LogP contribution < -0.4 is 4.74 Å². The van der Waals surface area contributed by atoms with E-state index in [9.17, 15) is 13.2 Å². The summed E-state index contributed by atoms with van der Waals surface area (Å²) >= 11 is 0. The molecule has 1 rings (SSSR count). The second kappa shape index (κ2) is 5.27. The Kier molecular flexibility index (Phi) is 4.22. The Labute approximate surface area is 101 Å². The smallest absolute Gasteiger partial charge is 0.224 e. The van der Waals surface area contributed by atoms with Crippen molar-refractivity contribution >= 4 is 16.1 Å². The zero-order chi connectivity index (χ0) is 13.1. The van der Waals surface area contributed by atoms with Gasteiger partial charge in [-0.1, -0.05) is 13.8 Å². The van der Waals surface area contributed by atoms with Crippen LogP contribution in [0.4, 0.5) is 0 Å². The van der Waals surface area contributed by atoms with Crippen LogP contribution in [0.25, 0.3) is 0 Å². The van der Waals surface area contributed by atoms with E-state index in [1.807, 2.05) is 13.8 Å². The third-order valence-electron chi connectivity index (χ3n) is 1.96. The van der Waals surface area contributed by atoms with E-state index in [1.165, 1.54) is 12.3 Å². The Morgan fingerprint density at radius 1 is 1.47 bits per heavy atom. The van der Waals surface area contributed by atoms with Crippen molar-refractivity contribution in [3.8, 4) is 5.88 Å². The Bertz CT molecular complexity index is 508. The van der Waals surface area contributed by atoms with Crippen molar-refractivity contribution in [1.82, 2.24) is 4.98 Å². The minimum atomic E-state index is -3.36. The molecule has 5 nitrogen and oxygen atoms in total. The summed E-state index contributed by atoms with van der Waals surface area (Å²) in [4.78, 5) is 14.7. The molecule has 0 fully saturated rings. The van der Waals surface area contributed by atoms with Crippen LogP contribution in [0.15, 0.2) is 17.2 Å². The molecule has 6 heteroatoms. The van der Waals surface area contributed by atoms with Gasteiger partial charge in [0.2, 0.25) is 5.88 Å². The lowest BCUT2D eigenvalue weighted by molar-refractivity contribution is 0.111. The topological polar surface area (TPSA) is 73.3 Å². The highest BCUT2D eigenvalue weighted by Crippen LogP contribution is 2.18. The fraction of sp³-hybridized carbons (Fsp3) is 0.455. The first-order valence-electron chi connectivity index (χ1n) is 5.12. The van der Waals surface area contributed by atoms with Gasteiger partial charge in [0.15, 0.2) is 16.1 Å². The molecule has 0 aliphatic carbocycles. The Morgan fingerprint density at radius 3 is 2.59 bits per heavy atom. The molecular formula is C11H15NO4S. The van der Waals surface area contributed by atoms with Gasteiger partial charge in [-0.2, -0.15) is 0 Å².